The first-order valence-corrected chi connectivity index (χ1v) is 5.80. The van der Waals surface area contributed by atoms with E-state index in [1.165, 1.54) is 24.2 Å². The van der Waals surface area contributed by atoms with E-state index in [1.807, 2.05) is 13.3 Å². The molecule has 1 heterocycles. The van der Waals surface area contributed by atoms with Crippen LogP contribution in [0.25, 0.3) is 0 Å². The van der Waals surface area contributed by atoms with E-state index in [0.717, 1.165) is 19.3 Å². The SMILES string of the molecule is CCC(C(N)=NO)n1cnc2c1CCCC2. The summed E-state index contributed by atoms with van der Waals surface area (Å²) in [5.74, 6) is 0.258. The van der Waals surface area contributed by atoms with Crippen molar-refractivity contribution in [3.63, 3.8) is 0 Å². The highest BCUT2D eigenvalue weighted by atomic mass is 16.4. The maximum Gasteiger partial charge on any atom is 0.162 e. The van der Waals surface area contributed by atoms with Crippen LogP contribution in [0, 0.1) is 0 Å². The molecule has 2 rings (SSSR count). The molecule has 0 aliphatic heterocycles. The van der Waals surface area contributed by atoms with E-state index in [4.69, 9.17) is 10.9 Å². The quantitative estimate of drug-likeness (QED) is 0.352. The Hall–Kier alpha value is -1.52. The summed E-state index contributed by atoms with van der Waals surface area (Å²) in [6, 6.07) is -0.0700. The minimum atomic E-state index is -0.0700. The smallest absolute Gasteiger partial charge is 0.162 e. The van der Waals surface area contributed by atoms with Gasteiger partial charge in [-0.05, 0) is 32.1 Å². The van der Waals surface area contributed by atoms with Gasteiger partial charge in [-0.3, -0.25) is 0 Å². The number of rotatable bonds is 3. The highest BCUT2D eigenvalue weighted by molar-refractivity contribution is 5.83. The van der Waals surface area contributed by atoms with Crippen LogP contribution in [-0.4, -0.2) is 20.6 Å². The Kier molecular flexibility index (Phi) is 3.12. The number of oxime groups is 1. The molecule has 16 heavy (non-hydrogen) atoms. The molecule has 1 aliphatic rings. The van der Waals surface area contributed by atoms with Crippen LogP contribution in [0.15, 0.2) is 11.5 Å². The molecule has 5 nitrogen and oxygen atoms in total. The summed E-state index contributed by atoms with van der Waals surface area (Å²) in [6.07, 6.45) is 7.13. The van der Waals surface area contributed by atoms with Gasteiger partial charge in [0.15, 0.2) is 5.84 Å². The van der Waals surface area contributed by atoms with Gasteiger partial charge < -0.3 is 15.5 Å². The summed E-state index contributed by atoms with van der Waals surface area (Å²) < 4.78 is 2.06. The molecule has 0 spiro atoms. The molecule has 1 aliphatic carbocycles. The maximum absolute atomic E-state index is 8.77. The van der Waals surface area contributed by atoms with E-state index in [2.05, 4.69) is 14.7 Å². The van der Waals surface area contributed by atoms with Gasteiger partial charge >= 0.3 is 0 Å². The third kappa shape index (κ3) is 1.77. The van der Waals surface area contributed by atoms with Crippen molar-refractivity contribution in [3.05, 3.63) is 17.7 Å². The van der Waals surface area contributed by atoms with E-state index >= 15 is 0 Å². The molecule has 0 aromatic carbocycles. The predicted octanol–water partition coefficient (Wildman–Crippen LogP) is 1.46. The van der Waals surface area contributed by atoms with Crippen LogP contribution in [0.5, 0.6) is 0 Å². The zero-order chi connectivity index (χ0) is 11.5. The highest BCUT2D eigenvalue weighted by Gasteiger charge is 2.21. The third-order valence-electron chi connectivity index (χ3n) is 3.24. The van der Waals surface area contributed by atoms with Crippen molar-refractivity contribution in [1.82, 2.24) is 9.55 Å². The number of nitrogens with two attached hydrogens (primary N) is 1. The Bertz CT molecular complexity index is 397. The molecule has 1 aromatic heterocycles. The van der Waals surface area contributed by atoms with Crippen LogP contribution in [0.2, 0.25) is 0 Å². The lowest BCUT2D eigenvalue weighted by Gasteiger charge is -2.20. The molecule has 88 valence electrons. The average molecular weight is 222 g/mol. The summed E-state index contributed by atoms with van der Waals surface area (Å²) in [7, 11) is 0. The fourth-order valence-corrected chi connectivity index (χ4v) is 2.38. The van der Waals surface area contributed by atoms with Gasteiger partial charge in [-0.1, -0.05) is 12.1 Å². The molecule has 5 heteroatoms. The average Bonchev–Trinajstić information content (AvgIpc) is 2.74. The van der Waals surface area contributed by atoms with Crippen LogP contribution in [0.3, 0.4) is 0 Å². The largest absolute Gasteiger partial charge is 0.409 e. The van der Waals surface area contributed by atoms with Crippen molar-refractivity contribution in [3.8, 4) is 0 Å². The zero-order valence-electron chi connectivity index (χ0n) is 9.56. The van der Waals surface area contributed by atoms with Crippen LogP contribution in [0.4, 0.5) is 0 Å². The Balaban J connectivity index is 2.35. The number of aryl methyl sites for hydroxylation is 1. The van der Waals surface area contributed by atoms with Gasteiger partial charge in [0.25, 0.3) is 0 Å². The molecule has 1 aromatic rings. The molecular formula is C11H18N4O. The molecule has 0 saturated heterocycles. The molecule has 0 fully saturated rings. The van der Waals surface area contributed by atoms with Crippen LogP contribution >= 0.6 is 0 Å². The lowest BCUT2D eigenvalue weighted by molar-refractivity contribution is 0.313. The molecule has 0 saturated carbocycles. The van der Waals surface area contributed by atoms with Gasteiger partial charge in [0.05, 0.1) is 18.1 Å². The summed E-state index contributed by atoms with van der Waals surface area (Å²) in [6.45, 7) is 2.03. The minimum Gasteiger partial charge on any atom is -0.409 e. The zero-order valence-corrected chi connectivity index (χ0v) is 9.56. The molecule has 1 atom stereocenters. The van der Waals surface area contributed by atoms with Crippen molar-refractivity contribution in [1.29, 1.82) is 0 Å². The first kappa shape index (κ1) is 11.0. The summed E-state index contributed by atoms with van der Waals surface area (Å²) >= 11 is 0. The Labute approximate surface area is 95.0 Å². The van der Waals surface area contributed by atoms with Gasteiger partial charge in [0.2, 0.25) is 0 Å². The van der Waals surface area contributed by atoms with Crippen molar-refractivity contribution in [2.24, 2.45) is 10.9 Å². The second-order valence-corrected chi connectivity index (χ2v) is 4.20. The molecule has 0 amide bonds. The summed E-state index contributed by atoms with van der Waals surface area (Å²) in [5.41, 5.74) is 8.13. The second-order valence-electron chi connectivity index (χ2n) is 4.20. The van der Waals surface area contributed by atoms with E-state index in [-0.39, 0.29) is 11.9 Å². The lowest BCUT2D eigenvalue weighted by Crippen LogP contribution is -2.27. The number of imidazole rings is 1. The van der Waals surface area contributed by atoms with Gasteiger partial charge in [-0.25, -0.2) is 4.98 Å². The topological polar surface area (TPSA) is 76.4 Å². The Morgan fingerprint density at radius 3 is 3.06 bits per heavy atom. The molecule has 0 bridgehead atoms. The first-order valence-electron chi connectivity index (χ1n) is 5.80. The number of amidine groups is 1. The first-order chi connectivity index (χ1) is 7.77. The standard InChI is InChI=1S/C11H18N4O/c1-2-9(11(12)14-16)15-7-13-8-5-3-4-6-10(8)15/h7,9,16H,2-6H2,1H3,(H2,12,14). The van der Waals surface area contributed by atoms with E-state index in [0.29, 0.717) is 0 Å². The minimum absolute atomic E-state index is 0.0700. The highest BCUT2D eigenvalue weighted by Crippen LogP contribution is 2.24. The van der Waals surface area contributed by atoms with Crippen LogP contribution < -0.4 is 5.73 Å². The predicted molar refractivity (Wildman–Crippen MR) is 61.6 cm³/mol. The molecule has 1 unspecified atom stereocenters. The fraction of sp³-hybridized carbons (Fsp3) is 0.636. The van der Waals surface area contributed by atoms with Gasteiger partial charge in [0, 0.05) is 5.69 Å². The van der Waals surface area contributed by atoms with Crippen LogP contribution in [0.1, 0.15) is 43.6 Å². The van der Waals surface area contributed by atoms with E-state index in [1.54, 1.807) is 0 Å². The lowest BCUT2D eigenvalue weighted by atomic mass is 10.0. The van der Waals surface area contributed by atoms with Crippen LogP contribution in [-0.2, 0) is 12.8 Å². The second kappa shape index (κ2) is 4.55. The Morgan fingerprint density at radius 1 is 1.62 bits per heavy atom. The monoisotopic (exact) mass is 222 g/mol. The fourth-order valence-electron chi connectivity index (χ4n) is 2.38. The molecule has 3 N–H and O–H groups in total. The van der Waals surface area contributed by atoms with Crippen molar-refractivity contribution in [2.45, 2.75) is 45.1 Å². The molecular weight excluding hydrogens is 204 g/mol. The number of nitrogens with zero attached hydrogens (tertiary/aromatic N) is 3. The number of aromatic nitrogens is 2. The van der Waals surface area contributed by atoms with Crippen molar-refractivity contribution < 1.29 is 5.21 Å². The van der Waals surface area contributed by atoms with E-state index < -0.39 is 0 Å². The summed E-state index contributed by atoms with van der Waals surface area (Å²) in [4.78, 5) is 4.41. The Morgan fingerprint density at radius 2 is 2.38 bits per heavy atom. The van der Waals surface area contributed by atoms with Gasteiger partial charge in [-0.2, -0.15) is 0 Å². The van der Waals surface area contributed by atoms with Crippen molar-refractivity contribution >= 4 is 5.84 Å². The van der Waals surface area contributed by atoms with Crippen molar-refractivity contribution in [2.75, 3.05) is 0 Å². The van der Waals surface area contributed by atoms with Gasteiger partial charge in [-0.15, -0.1) is 0 Å². The third-order valence-corrected chi connectivity index (χ3v) is 3.24. The van der Waals surface area contributed by atoms with Gasteiger partial charge in [0.1, 0.15) is 0 Å². The maximum atomic E-state index is 8.77. The van der Waals surface area contributed by atoms with E-state index in [9.17, 15) is 0 Å². The normalized spacial score (nSPS) is 18.2. The number of hydrogen-bond donors (Lipinski definition) is 2. The summed E-state index contributed by atoms with van der Waals surface area (Å²) in [5, 5.41) is 11.9. The molecule has 0 radical (unpaired) electrons. The number of hydrogen-bond acceptors (Lipinski definition) is 3. The number of fused-ring (bicyclic) bond motifs is 1.